The highest BCUT2D eigenvalue weighted by Crippen LogP contribution is 2.22. The third kappa shape index (κ3) is 5.50. The molecular weight excluding hydrogens is 408 g/mol. The molecule has 1 heterocycles. The fraction of sp³-hybridized carbons (Fsp3) is 0.238. The summed E-state index contributed by atoms with van der Waals surface area (Å²) in [7, 11) is -3.32. The van der Waals surface area contributed by atoms with Crippen LogP contribution >= 0.6 is 11.3 Å². The van der Waals surface area contributed by atoms with Gasteiger partial charge in [-0.05, 0) is 36.8 Å². The van der Waals surface area contributed by atoms with Gasteiger partial charge in [0.1, 0.15) is 0 Å². The summed E-state index contributed by atoms with van der Waals surface area (Å²) in [5, 5.41) is 0. The molecule has 6 nitrogen and oxygen atoms in total. The van der Waals surface area contributed by atoms with E-state index >= 15 is 0 Å². The van der Waals surface area contributed by atoms with Gasteiger partial charge in [0.05, 0.1) is 21.7 Å². The van der Waals surface area contributed by atoms with Crippen molar-refractivity contribution in [1.29, 1.82) is 0 Å². The van der Waals surface area contributed by atoms with Gasteiger partial charge in [0.2, 0.25) is 0 Å². The molecule has 3 aromatic rings. The first kappa shape index (κ1) is 21.2. The first-order chi connectivity index (χ1) is 13.9. The monoisotopic (exact) mass is 430 g/mol. The Bertz CT molecular complexity index is 1210. The molecule has 0 unspecified atom stereocenters. The van der Waals surface area contributed by atoms with Gasteiger partial charge in [-0.3, -0.25) is 4.79 Å². The topological polar surface area (TPSA) is 77.7 Å². The molecule has 0 saturated carbocycles. The molecule has 0 spiro atoms. The van der Waals surface area contributed by atoms with Crippen LogP contribution in [0.4, 0.5) is 0 Å². The van der Waals surface area contributed by atoms with E-state index in [9.17, 15) is 13.2 Å². The van der Waals surface area contributed by atoms with Gasteiger partial charge >= 0.3 is 0 Å². The Morgan fingerprint density at radius 2 is 1.97 bits per heavy atom. The number of aromatic nitrogens is 1. The lowest BCUT2D eigenvalue weighted by Crippen LogP contribution is -2.19. The summed E-state index contributed by atoms with van der Waals surface area (Å²) in [6.07, 6.45) is 4.31. The summed E-state index contributed by atoms with van der Waals surface area (Å²) in [4.78, 5) is 17.4. The molecule has 1 amide bonds. The third-order valence-electron chi connectivity index (χ3n) is 4.17. The van der Waals surface area contributed by atoms with Crippen LogP contribution in [0.25, 0.3) is 16.3 Å². The van der Waals surface area contributed by atoms with Crippen molar-refractivity contribution in [3.63, 3.8) is 0 Å². The molecule has 0 bridgehead atoms. The summed E-state index contributed by atoms with van der Waals surface area (Å²) < 4.78 is 31.8. The second kappa shape index (κ2) is 9.30. The Hall–Kier alpha value is -2.55. The minimum atomic E-state index is -3.32. The molecule has 0 aliphatic rings. The van der Waals surface area contributed by atoms with Crippen molar-refractivity contribution < 1.29 is 17.9 Å². The standard InChI is InChI=1S/C21H22N2O4S2/c1-3-27-14-13-23-18-11-10-17(29(2,25)26)15-19(18)28-21(23)22-20(24)12-9-16-7-5-4-6-8-16/h4-12,15H,3,13-14H2,1-2H3. The fourth-order valence-electron chi connectivity index (χ4n) is 2.75. The van der Waals surface area contributed by atoms with Crippen LogP contribution in [-0.2, 0) is 25.9 Å². The maximum absolute atomic E-state index is 12.4. The molecule has 0 atom stereocenters. The van der Waals surface area contributed by atoms with Crippen molar-refractivity contribution in [3.8, 4) is 0 Å². The lowest BCUT2D eigenvalue weighted by Gasteiger charge is -2.05. The first-order valence-electron chi connectivity index (χ1n) is 9.11. The second-order valence-corrected chi connectivity index (χ2v) is 9.35. The van der Waals surface area contributed by atoms with Gasteiger partial charge < -0.3 is 9.30 Å². The summed E-state index contributed by atoms with van der Waals surface area (Å²) in [6.45, 7) is 3.49. The Morgan fingerprint density at radius 3 is 2.66 bits per heavy atom. The van der Waals surface area contributed by atoms with Crippen molar-refractivity contribution in [2.45, 2.75) is 18.4 Å². The lowest BCUT2D eigenvalue weighted by atomic mass is 10.2. The van der Waals surface area contributed by atoms with E-state index in [0.29, 0.717) is 24.6 Å². The van der Waals surface area contributed by atoms with Crippen LogP contribution in [0.5, 0.6) is 0 Å². The largest absolute Gasteiger partial charge is 0.380 e. The third-order valence-corrected chi connectivity index (χ3v) is 6.32. The number of nitrogens with zero attached hydrogens (tertiary/aromatic N) is 2. The molecule has 152 valence electrons. The molecule has 1 aromatic heterocycles. The average Bonchev–Trinajstić information content (AvgIpc) is 3.03. The minimum absolute atomic E-state index is 0.241. The molecule has 2 aromatic carbocycles. The van der Waals surface area contributed by atoms with E-state index in [-0.39, 0.29) is 10.8 Å². The summed E-state index contributed by atoms with van der Waals surface area (Å²) in [6, 6.07) is 14.4. The van der Waals surface area contributed by atoms with E-state index in [2.05, 4.69) is 4.99 Å². The van der Waals surface area contributed by atoms with E-state index in [4.69, 9.17) is 4.74 Å². The summed E-state index contributed by atoms with van der Waals surface area (Å²) in [5.41, 5.74) is 1.73. The first-order valence-corrected chi connectivity index (χ1v) is 11.8. The van der Waals surface area contributed by atoms with Gasteiger partial charge in [0.15, 0.2) is 14.6 Å². The van der Waals surface area contributed by atoms with Crippen LogP contribution in [0.15, 0.2) is 64.5 Å². The number of hydrogen-bond acceptors (Lipinski definition) is 5. The van der Waals surface area contributed by atoms with Gasteiger partial charge in [-0.25, -0.2) is 8.42 Å². The number of carbonyl (C=O) groups is 1. The Balaban J connectivity index is 2.01. The van der Waals surface area contributed by atoms with Gasteiger partial charge in [-0.1, -0.05) is 41.7 Å². The van der Waals surface area contributed by atoms with Crippen molar-refractivity contribution >= 4 is 43.4 Å². The number of hydrogen-bond donors (Lipinski definition) is 0. The molecule has 3 rings (SSSR count). The van der Waals surface area contributed by atoms with Crippen LogP contribution in [0, 0.1) is 0 Å². The number of rotatable bonds is 7. The van der Waals surface area contributed by atoms with Crippen LogP contribution in [0.1, 0.15) is 12.5 Å². The predicted octanol–water partition coefficient (Wildman–Crippen LogP) is 3.28. The minimum Gasteiger partial charge on any atom is -0.380 e. The Morgan fingerprint density at radius 1 is 1.21 bits per heavy atom. The number of amides is 1. The normalized spacial score (nSPS) is 12.8. The SMILES string of the molecule is CCOCCn1c(=NC(=O)C=Cc2ccccc2)sc2cc(S(C)(=O)=O)ccc21. The van der Waals surface area contributed by atoms with E-state index < -0.39 is 9.84 Å². The summed E-state index contributed by atoms with van der Waals surface area (Å²) in [5.74, 6) is -0.381. The molecule has 0 N–H and O–H groups in total. The van der Waals surface area contributed by atoms with Crippen molar-refractivity contribution in [1.82, 2.24) is 4.57 Å². The Labute approximate surface area is 173 Å². The summed E-state index contributed by atoms with van der Waals surface area (Å²) >= 11 is 1.28. The zero-order valence-corrected chi connectivity index (χ0v) is 17.9. The molecular formula is C21H22N2O4S2. The van der Waals surface area contributed by atoms with Crippen molar-refractivity contribution in [2.75, 3.05) is 19.5 Å². The van der Waals surface area contributed by atoms with Crippen molar-refractivity contribution in [2.24, 2.45) is 4.99 Å². The molecule has 0 aliphatic heterocycles. The average molecular weight is 431 g/mol. The van der Waals surface area contributed by atoms with Gasteiger partial charge in [0, 0.05) is 25.5 Å². The van der Waals surface area contributed by atoms with Crippen LogP contribution in [0.2, 0.25) is 0 Å². The molecule has 0 saturated heterocycles. The van der Waals surface area contributed by atoms with Crippen LogP contribution < -0.4 is 4.80 Å². The molecule has 0 aliphatic carbocycles. The maximum Gasteiger partial charge on any atom is 0.272 e. The number of carbonyl (C=O) groups excluding carboxylic acids is 1. The molecule has 0 fully saturated rings. The zero-order valence-electron chi connectivity index (χ0n) is 16.2. The van der Waals surface area contributed by atoms with Gasteiger partial charge in [-0.15, -0.1) is 0 Å². The highest BCUT2D eigenvalue weighted by molar-refractivity contribution is 7.90. The highest BCUT2D eigenvalue weighted by atomic mass is 32.2. The molecule has 0 radical (unpaired) electrons. The Kier molecular flexibility index (Phi) is 6.79. The van der Waals surface area contributed by atoms with Crippen LogP contribution in [-0.4, -0.2) is 38.4 Å². The zero-order chi connectivity index (χ0) is 20.9. The molecule has 29 heavy (non-hydrogen) atoms. The molecule has 8 heteroatoms. The smallest absolute Gasteiger partial charge is 0.272 e. The number of sulfone groups is 1. The maximum atomic E-state index is 12.4. The predicted molar refractivity (Wildman–Crippen MR) is 115 cm³/mol. The van der Waals surface area contributed by atoms with Crippen LogP contribution in [0.3, 0.4) is 0 Å². The van der Waals surface area contributed by atoms with E-state index in [1.54, 1.807) is 24.3 Å². The number of benzene rings is 2. The lowest BCUT2D eigenvalue weighted by molar-refractivity contribution is -0.113. The quantitative estimate of drug-likeness (QED) is 0.426. The van der Waals surface area contributed by atoms with Crippen molar-refractivity contribution in [3.05, 3.63) is 65.0 Å². The fourth-order valence-corrected chi connectivity index (χ4v) is 4.57. The van der Waals surface area contributed by atoms with E-state index in [0.717, 1.165) is 15.8 Å². The van der Waals surface area contributed by atoms with E-state index in [1.165, 1.54) is 23.7 Å². The van der Waals surface area contributed by atoms with Gasteiger partial charge in [-0.2, -0.15) is 4.99 Å². The number of fused-ring (bicyclic) bond motifs is 1. The van der Waals surface area contributed by atoms with E-state index in [1.807, 2.05) is 41.8 Å². The highest BCUT2D eigenvalue weighted by Gasteiger charge is 2.12. The second-order valence-electron chi connectivity index (χ2n) is 6.33. The van der Waals surface area contributed by atoms with Gasteiger partial charge in [0.25, 0.3) is 5.91 Å². The number of thiazole rings is 1. The number of ether oxygens (including phenoxy) is 1.